The summed E-state index contributed by atoms with van der Waals surface area (Å²) in [5, 5.41) is 24.8. The molecule has 2 unspecified atom stereocenters. The zero-order valence-electron chi connectivity index (χ0n) is 10.2. The Kier molecular flexibility index (Phi) is 8.32. The van der Waals surface area contributed by atoms with Gasteiger partial charge >= 0.3 is 0 Å². The van der Waals surface area contributed by atoms with Crippen LogP contribution in [0.5, 0.6) is 0 Å². The molecule has 0 saturated carbocycles. The number of nitriles is 3. The molecule has 0 saturated heterocycles. The first-order valence-corrected chi connectivity index (χ1v) is 5.05. The van der Waals surface area contributed by atoms with Crippen molar-refractivity contribution in [2.45, 2.75) is 41.0 Å². The quantitative estimate of drug-likeness (QED) is 0.694. The van der Waals surface area contributed by atoms with Gasteiger partial charge in [-0.05, 0) is 34.1 Å². The minimum Gasteiger partial charge on any atom is -0.198 e. The smallest absolute Gasteiger partial charge is 0.0683 e. The van der Waals surface area contributed by atoms with Crippen molar-refractivity contribution in [2.24, 2.45) is 17.3 Å². The second-order valence-electron chi connectivity index (χ2n) is 4.18. The molecule has 0 rings (SSSR count). The summed E-state index contributed by atoms with van der Waals surface area (Å²) in [7, 11) is 0. The maximum absolute atomic E-state index is 8.34. The minimum atomic E-state index is -0.139. The van der Waals surface area contributed by atoms with E-state index in [0.717, 1.165) is 6.42 Å². The van der Waals surface area contributed by atoms with Crippen LogP contribution in [0.4, 0.5) is 0 Å². The standard InChI is InChI=1S/C6H8N2.C6H11N/c1-5(3-7)6(2)4-8;1-4-6(2,3)5-7/h5-6H,1-2H3;4H2,1-3H3. The van der Waals surface area contributed by atoms with Gasteiger partial charge in [-0.2, -0.15) is 15.8 Å². The highest BCUT2D eigenvalue weighted by Gasteiger charge is 2.11. The average molecular weight is 205 g/mol. The summed E-state index contributed by atoms with van der Waals surface area (Å²) >= 11 is 0. The van der Waals surface area contributed by atoms with Crippen molar-refractivity contribution in [1.29, 1.82) is 15.8 Å². The molecule has 3 heteroatoms. The minimum absolute atomic E-state index is 0.111. The second kappa shape index (κ2) is 7.84. The molecule has 0 spiro atoms. The van der Waals surface area contributed by atoms with Gasteiger partial charge in [-0.15, -0.1) is 0 Å². The summed E-state index contributed by atoms with van der Waals surface area (Å²) < 4.78 is 0. The van der Waals surface area contributed by atoms with Gasteiger partial charge in [0.05, 0.1) is 35.5 Å². The van der Waals surface area contributed by atoms with Gasteiger partial charge < -0.3 is 0 Å². The lowest BCUT2D eigenvalue weighted by Gasteiger charge is -2.08. The van der Waals surface area contributed by atoms with Crippen LogP contribution in [0.1, 0.15) is 41.0 Å². The molecule has 0 heterocycles. The Hall–Kier alpha value is -1.53. The monoisotopic (exact) mass is 205 g/mol. The van der Waals surface area contributed by atoms with Gasteiger partial charge in [-0.1, -0.05) is 6.92 Å². The van der Waals surface area contributed by atoms with Crippen LogP contribution in [0.25, 0.3) is 0 Å². The number of hydrogen-bond donors (Lipinski definition) is 0. The largest absolute Gasteiger partial charge is 0.198 e. The molecule has 82 valence electrons. The van der Waals surface area contributed by atoms with Gasteiger partial charge in [0.25, 0.3) is 0 Å². The fourth-order valence-electron chi connectivity index (χ4n) is 0.303. The van der Waals surface area contributed by atoms with Gasteiger partial charge in [-0.25, -0.2) is 0 Å². The van der Waals surface area contributed by atoms with E-state index in [-0.39, 0.29) is 17.3 Å². The average Bonchev–Trinajstić information content (AvgIpc) is 2.27. The number of nitrogens with zero attached hydrogens (tertiary/aromatic N) is 3. The van der Waals surface area contributed by atoms with Crippen LogP contribution in [0.3, 0.4) is 0 Å². The van der Waals surface area contributed by atoms with Crippen LogP contribution in [-0.2, 0) is 0 Å². The van der Waals surface area contributed by atoms with Crippen molar-refractivity contribution < 1.29 is 0 Å². The summed E-state index contributed by atoms with van der Waals surface area (Å²) in [6.07, 6.45) is 0.934. The van der Waals surface area contributed by atoms with Crippen molar-refractivity contribution in [1.82, 2.24) is 0 Å². The molecule has 0 N–H and O–H groups in total. The first-order valence-electron chi connectivity index (χ1n) is 5.05. The van der Waals surface area contributed by atoms with E-state index in [2.05, 4.69) is 6.07 Å². The molecule has 15 heavy (non-hydrogen) atoms. The predicted molar refractivity (Wildman–Crippen MR) is 59.2 cm³/mol. The highest BCUT2D eigenvalue weighted by molar-refractivity contribution is 4.93. The van der Waals surface area contributed by atoms with Crippen LogP contribution in [0.15, 0.2) is 0 Å². The van der Waals surface area contributed by atoms with E-state index in [9.17, 15) is 0 Å². The highest BCUT2D eigenvalue weighted by Crippen LogP contribution is 2.16. The third-order valence-corrected chi connectivity index (χ3v) is 2.34. The Balaban J connectivity index is 0. The molecule has 0 radical (unpaired) electrons. The molecular formula is C12H19N3. The fourth-order valence-corrected chi connectivity index (χ4v) is 0.303. The molecule has 0 fully saturated rings. The second-order valence-corrected chi connectivity index (χ2v) is 4.18. The lowest BCUT2D eigenvalue weighted by atomic mass is 9.93. The Morgan fingerprint density at radius 3 is 1.40 bits per heavy atom. The molecule has 2 atom stereocenters. The topological polar surface area (TPSA) is 71.4 Å². The first kappa shape index (κ1) is 15.9. The Bertz CT molecular complexity index is 267. The van der Waals surface area contributed by atoms with E-state index < -0.39 is 0 Å². The predicted octanol–water partition coefficient (Wildman–Crippen LogP) is 3.25. The summed E-state index contributed by atoms with van der Waals surface area (Å²) in [4.78, 5) is 0. The maximum atomic E-state index is 8.34. The maximum Gasteiger partial charge on any atom is 0.0683 e. The number of rotatable bonds is 2. The molecule has 0 aromatic heterocycles. The van der Waals surface area contributed by atoms with Crippen molar-refractivity contribution >= 4 is 0 Å². The zero-order valence-corrected chi connectivity index (χ0v) is 10.2. The molecule has 0 aromatic carbocycles. The van der Waals surface area contributed by atoms with Crippen LogP contribution in [-0.4, -0.2) is 0 Å². The Labute approximate surface area is 92.9 Å². The van der Waals surface area contributed by atoms with E-state index in [1.807, 2.05) is 32.9 Å². The van der Waals surface area contributed by atoms with Crippen molar-refractivity contribution in [2.75, 3.05) is 0 Å². The van der Waals surface area contributed by atoms with E-state index in [1.165, 1.54) is 0 Å². The van der Waals surface area contributed by atoms with Crippen LogP contribution < -0.4 is 0 Å². The van der Waals surface area contributed by atoms with Crippen LogP contribution >= 0.6 is 0 Å². The molecular weight excluding hydrogens is 186 g/mol. The molecule has 0 aliphatic carbocycles. The normalized spacial score (nSPS) is 13.2. The van der Waals surface area contributed by atoms with Crippen molar-refractivity contribution in [3.63, 3.8) is 0 Å². The van der Waals surface area contributed by atoms with Crippen molar-refractivity contribution in [3.05, 3.63) is 0 Å². The molecule has 0 bridgehead atoms. The zero-order chi connectivity index (χ0) is 12.5. The van der Waals surface area contributed by atoms with E-state index in [1.54, 1.807) is 13.8 Å². The molecule has 0 aliphatic rings. The Morgan fingerprint density at radius 2 is 1.33 bits per heavy atom. The fraction of sp³-hybridized carbons (Fsp3) is 0.750. The third kappa shape index (κ3) is 8.79. The number of hydrogen-bond acceptors (Lipinski definition) is 3. The summed E-state index contributed by atoms with van der Waals surface area (Å²) in [6, 6.07) is 6.18. The molecule has 3 nitrogen and oxygen atoms in total. The first-order chi connectivity index (χ1) is 6.84. The molecule has 0 aliphatic heterocycles. The molecule has 0 amide bonds. The summed E-state index contributed by atoms with van der Waals surface area (Å²) in [5.41, 5.74) is -0.111. The SMILES string of the molecule is CC(C#N)C(C)C#N.CCC(C)(C)C#N. The summed E-state index contributed by atoms with van der Waals surface area (Å²) in [5.74, 6) is -0.278. The van der Waals surface area contributed by atoms with E-state index in [4.69, 9.17) is 15.8 Å². The van der Waals surface area contributed by atoms with E-state index in [0.29, 0.717) is 0 Å². The van der Waals surface area contributed by atoms with Gasteiger partial charge in [0.2, 0.25) is 0 Å². The van der Waals surface area contributed by atoms with Crippen molar-refractivity contribution in [3.8, 4) is 18.2 Å². The summed E-state index contributed by atoms with van der Waals surface area (Å²) in [6.45, 7) is 9.38. The van der Waals surface area contributed by atoms with E-state index >= 15 is 0 Å². The van der Waals surface area contributed by atoms with Crippen LogP contribution in [0.2, 0.25) is 0 Å². The van der Waals surface area contributed by atoms with Gasteiger partial charge in [0.15, 0.2) is 0 Å². The lowest BCUT2D eigenvalue weighted by Crippen LogP contribution is -2.03. The van der Waals surface area contributed by atoms with Gasteiger partial charge in [0, 0.05) is 0 Å². The van der Waals surface area contributed by atoms with Gasteiger partial charge in [-0.3, -0.25) is 0 Å². The highest BCUT2D eigenvalue weighted by atomic mass is 14.3. The lowest BCUT2D eigenvalue weighted by molar-refractivity contribution is 0.477. The van der Waals surface area contributed by atoms with Crippen LogP contribution in [0, 0.1) is 51.2 Å². The Morgan fingerprint density at radius 1 is 1.00 bits per heavy atom. The molecule has 0 aromatic rings. The third-order valence-electron chi connectivity index (χ3n) is 2.34. The van der Waals surface area contributed by atoms with Gasteiger partial charge in [0.1, 0.15) is 0 Å².